The van der Waals surface area contributed by atoms with Gasteiger partial charge >= 0.3 is 6.18 Å². The Bertz CT molecular complexity index is 511. The largest absolute Gasteiger partial charge is 0.416 e. The molecule has 1 amide bonds. The summed E-state index contributed by atoms with van der Waals surface area (Å²) in [4.78, 5) is 13.3. The number of rotatable bonds is 4. The summed E-state index contributed by atoms with van der Waals surface area (Å²) in [6.07, 6.45) is -2.23. The minimum absolute atomic E-state index is 0.0740. The number of hydrogen-bond donors (Lipinski definition) is 1. The first-order valence-electron chi connectivity index (χ1n) is 6.70. The minimum Gasteiger partial charge on any atom is -0.349 e. The van der Waals surface area contributed by atoms with E-state index in [1.807, 2.05) is 0 Å². The van der Waals surface area contributed by atoms with Crippen molar-refractivity contribution in [1.29, 1.82) is 0 Å². The standard InChI is InChI=1S/C15H17F3N2O/c1-2-14(21)19-13-7-8-20(10-13)9-11-3-5-12(6-4-11)15(16,17)18/h2-6,13H,1,7-10H2,(H,19,21). The number of nitrogens with one attached hydrogen (secondary N) is 1. The second kappa shape index (κ2) is 6.30. The van der Waals surface area contributed by atoms with Gasteiger partial charge in [-0.05, 0) is 30.2 Å². The van der Waals surface area contributed by atoms with E-state index in [0.717, 1.165) is 30.7 Å². The lowest BCUT2D eigenvalue weighted by molar-refractivity contribution is -0.137. The molecule has 114 valence electrons. The molecule has 1 heterocycles. The van der Waals surface area contributed by atoms with Gasteiger partial charge in [-0.25, -0.2) is 0 Å². The van der Waals surface area contributed by atoms with Gasteiger partial charge in [-0.3, -0.25) is 9.69 Å². The lowest BCUT2D eigenvalue weighted by atomic mass is 10.1. The van der Waals surface area contributed by atoms with Crippen molar-refractivity contribution in [3.8, 4) is 0 Å². The van der Waals surface area contributed by atoms with Gasteiger partial charge in [0.1, 0.15) is 0 Å². The number of benzene rings is 1. The number of carbonyl (C=O) groups excluding carboxylic acids is 1. The van der Waals surface area contributed by atoms with Crippen LogP contribution < -0.4 is 5.32 Å². The topological polar surface area (TPSA) is 32.3 Å². The fourth-order valence-corrected chi connectivity index (χ4v) is 2.41. The first kappa shape index (κ1) is 15.6. The molecule has 1 aliphatic rings. The maximum absolute atomic E-state index is 12.5. The molecule has 0 aliphatic carbocycles. The van der Waals surface area contributed by atoms with E-state index in [9.17, 15) is 18.0 Å². The summed E-state index contributed by atoms with van der Waals surface area (Å²) >= 11 is 0. The van der Waals surface area contributed by atoms with Crippen molar-refractivity contribution in [3.63, 3.8) is 0 Å². The summed E-state index contributed by atoms with van der Waals surface area (Å²) in [5.41, 5.74) is 0.197. The first-order valence-corrected chi connectivity index (χ1v) is 6.70. The highest BCUT2D eigenvalue weighted by molar-refractivity contribution is 5.87. The summed E-state index contributed by atoms with van der Waals surface area (Å²) in [5, 5.41) is 2.83. The Labute approximate surface area is 121 Å². The zero-order valence-electron chi connectivity index (χ0n) is 11.5. The molecule has 1 aromatic rings. The highest BCUT2D eigenvalue weighted by Crippen LogP contribution is 2.29. The van der Waals surface area contributed by atoms with Crippen molar-refractivity contribution in [2.75, 3.05) is 13.1 Å². The molecule has 1 aliphatic heterocycles. The molecule has 21 heavy (non-hydrogen) atoms. The fraction of sp³-hybridized carbons (Fsp3) is 0.400. The summed E-state index contributed by atoms with van der Waals surface area (Å²) in [5.74, 6) is -0.198. The molecule has 3 nitrogen and oxygen atoms in total. The second-order valence-electron chi connectivity index (χ2n) is 5.13. The van der Waals surface area contributed by atoms with Crippen molar-refractivity contribution < 1.29 is 18.0 Å². The summed E-state index contributed by atoms with van der Waals surface area (Å²) in [6, 6.07) is 5.27. The third-order valence-corrected chi connectivity index (χ3v) is 3.49. The summed E-state index contributed by atoms with van der Waals surface area (Å²) in [7, 11) is 0. The van der Waals surface area contributed by atoms with E-state index in [1.165, 1.54) is 18.2 Å². The first-order chi connectivity index (χ1) is 9.88. The Morgan fingerprint density at radius 2 is 2.05 bits per heavy atom. The molecule has 1 N–H and O–H groups in total. The van der Waals surface area contributed by atoms with E-state index in [0.29, 0.717) is 13.1 Å². The van der Waals surface area contributed by atoms with E-state index in [-0.39, 0.29) is 11.9 Å². The van der Waals surface area contributed by atoms with Gasteiger partial charge in [-0.1, -0.05) is 18.7 Å². The van der Waals surface area contributed by atoms with E-state index in [1.54, 1.807) is 0 Å². The minimum atomic E-state index is -4.30. The van der Waals surface area contributed by atoms with E-state index in [2.05, 4.69) is 16.8 Å². The number of hydrogen-bond acceptors (Lipinski definition) is 2. The highest BCUT2D eigenvalue weighted by Gasteiger charge is 2.30. The van der Waals surface area contributed by atoms with Crippen LogP contribution in [-0.4, -0.2) is 29.9 Å². The van der Waals surface area contributed by atoms with Crippen LogP contribution >= 0.6 is 0 Å². The van der Waals surface area contributed by atoms with Crippen LogP contribution in [0.25, 0.3) is 0 Å². The smallest absolute Gasteiger partial charge is 0.349 e. The number of nitrogens with zero attached hydrogens (tertiary/aromatic N) is 1. The molecule has 0 saturated carbocycles. The number of halogens is 3. The average Bonchev–Trinajstić information content (AvgIpc) is 2.85. The predicted molar refractivity (Wildman–Crippen MR) is 73.5 cm³/mol. The monoisotopic (exact) mass is 298 g/mol. The lowest BCUT2D eigenvalue weighted by Gasteiger charge is -2.17. The molecule has 2 rings (SSSR count). The van der Waals surface area contributed by atoms with Gasteiger partial charge < -0.3 is 5.32 Å². The molecular formula is C15H17F3N2O. The summed E-state index contributed by atoms with van der Waals surface area (Å²) in [6.45, 7) is 5.49. The van der Waals surface area contributed by atoms with Gasteiger partial charge in [0.25, 0.3) is 0 Å². The molecule has 0 aromatic heterocycles. The van der Waals surface area contributed by atoms with Crippen LogP contribution in [0.2, 0.25) is 0 Å². The van der Waals surface area contributed by atoms with Crippen LogP contribution in [0.15, 0.2) is 36.9 Å². The maximum Gasteiger partial charge on any atom is 0.416 e. The normalized spacial score (nSPS) is 19.5. The van der Waals surface area contributed by atoms with E-state index < -0.39 is 11.7 Å². The van der Waals surface area contributed by atoms with Crippen LogP contribution in [0.5, 0.6) is 0 Å². The lowest BCUT2D eigenvalue weighted by Crippen LogP contribution is -2.35. The number of likely N-dealkylation sites (tertiary alicyclic amines) is 1. The van der Waals surface area contributed by atoms with Crippen LogP contribution in [-0.2, 0) is 17.5 Å². The predicted octanol–water partition coefficient (Wildman–Crippen LogP) is 2.58. The van der Waals surface area contributed by atoms with Gasteiger partial charge in [-0.15, -0.1) is 0 Å². The molecule has 1 saturated heterocycles. The zero-order chi connectivity index (χ0) is 15.5. The third-order valence-electron chi connectivity index (χ3n) is 3.49. The van der Waals surface area contributed by atoms with Crippen molar-refractivity contribution in [1.82, 2.24) is 10.2 Å². The Kier molecular flexibility index (Phi) is 4.67. The molecule has 6 heteroatoms. The average molecular weight is 298 g/mol. The van der Waals surface area contributed by atoms with Gasteiger partial charge in [0.2, 0.25) is 5.91 Å². The van der Waals surface area contributed by atoms with E-state index >= 15 is 0 Å². The molecule has 1 atom stereocenters. The maximum atomic E-state index is 12.5. The Hall–Kier alpha value is -1.82. The molecular weight excluding hydrogens is 281 g/mol. The molecule has 1 fully saturated rings. The number of alkyl halides is 3. The van der Waals surface area contributed by atoms with E-state index in [4.69, 9.17) is 0 Å². The fourth-order valence-electron chi connectivity index (χ4n) is 2.41. The van der Waals surface area contributed by atoms with Gasteiger partial charge in [-0.2, -0.15) is 13.2 Å². The molecule has 0 bridgehead atoms. The second-order valence-corrected chi connectivity index (χ2v) is 5.13. The molecule has 0 radical (unpaired) electrons. The Morgan fingerprint density at radius 1 is 1.38 bits per heavy atom. The van der Waals surface area contributed by atoms with Crippen LogP contribution in [0, 0.1) is 0 Å². The molecule has 0 spiro atoms. The number of amides is 1. The molecule has 1 unspecified atom stereocenters. The van der Waals surface area contributed by atoms with Crippen molar-refractivity contribution in [2.24, 2.45) is 0 Å². The van der Waals surface area contributed by atoms with Gasteiger partial charge in [0.05, 0.1) is 5.56 Å². The van der Waals surface area contributed by atoms with Crippen molar-refractivity contribution in [2.45, 2.75) is 25.2 Å². The SMILES string of the molecule is C=CC(=O)NC1CCN(Cc2ccc(C(F)(F)F)cc2)C1. The van der Waals surface area contributed by atoms with Crippen LogP contribution in [0.3, 0.4) is 0 Å². The quantitative estimate of drug-likeness (QED) is 0.867. The molecule has 1 aromatic carbocycles. The highest BCUT2D eigenvalue weighted by atomic mass is 19.4. The summed E-state index contributed by atoms with van der Waals surface area (Å²) < 4.78 is 37.4. The Balaban J connectivity index is 1.88. The van der Waals surface area contributed by atoms with Crippen molar-refractivity contribution in [3.05, 3.63) is 48.0 Å². The van der Waals surface area contributed by atoms with Crippen LogP contribution in [0.1, 0.15) is 17.5 Å². The zero-order valence-corrected chi connectivity index (χ0v) is 11.5. The van der Waals surface area contributed by atoms with Crippen molar-refractivity contribution >= 4 is 5.91 Å². The Morgan fingerprint density at radius 3 is 2.62 bits per heavy atom. The third kappa shape index (κ3) is 4.32. The van der Waals surface area contributed by atoms with Gasteiger partial charge in [0.15, 0.2) is 0 Å². The number of carbonyl (C=O) groups is 1. The van der Waals surface area contributed by atoms with Gasteiger partial charge in [0, 0.05) is 25.7 Å². The van der Waals surface area contributed by atoms with Crippen LogP contribution in [0.4, 0.5) is 13.2 Å².